The van der Waals surface area contributed by atoms with Gasteiger partial charge in [-0.15, -0.1) is 0 Å². The smallest absolute Gasteiger partial charge is 0.422 e. The van der Waals surface area contributed by atoms with Crippen molar-refractivity contribution in [2.45, 2.75) is 44.0 Å². The van der Waals surface area contributed by atoms with E-state index < -0.39 is 29.5 Å². The van der Waals surface area contributed by atoms with E-state index in [4.69, 9.17) is 13.8 Å². The van der Waals surface area contributed by atoms with Crippen molar-refractivity contribution in [3.8, 4) is 40.0 Å². The zero-order chi connectivity index (χ0) is 26.3. The first-order chi connectivity index (χ1) is 18.4. The van der Waals surface area contributed by atoms with E-state index in [1.807, 2.05) is 0 Å². The SMILES string of the molecule is O[C@@H]1c2ccc(-c3noc(-c4onc(-c5ccccc5)c4C(F)(F)F)n3)cc2OC[C@@H]1NCC1CCCC1. The van der Waals surface area contributed by atoms with E-state index in [1.165, 1.54) is 37.8 Å². The van der Waals surface area contributed by atoms with Gasteiger partial charge >= 0.3 is 6.18 Å². The quantitative estimate of drug-likeness (QED) is 0.332. The van der Waals surface area contributed by atoms with Crippen LogP contribution in [0.2, 0.25) is 0 Å². The summed E-state index contributed by atoms with van der Waals surface area (Å²) < 4.78 is 58.1. The van der Waals surface area contributed by atoms with Crippen LogP contribution < -0.4 is 10.1 Å². The van der Waals surface area contributed by atoms with Crippen LogP contribution in [-0.2, 0) is 6.18 Å². The number of nitrogens with one attached hydrogen (secondary N) is 1. The Bertz CT molecular complexity index is 1410. The number of alkyl halides is 3. The topological polar surface area (TPSA) is 106 Å². The first-order valence-corrected chi connectivity index (χ1v) is 12.5. The average molecular weight is 527 g/mol. The molecule has 2 aromatic heterocycles. The molecule has 1 fully saturated rings. The summed E-state index contributed by atoms with van der Waals surface area (Å²) in [4.78, 5) is 4.15. The van der Waals surface area contributed by atoms with E-state index in [9.17, 15) is 18.3 Å². The van der Waals surface area contributed by atoms with Crippen molar-refractivity contribution in [3.05, 3.63) is 59.7 Å². The Morgan fingerprint density at radius 3 is 2.53 bits per heavy atom. The Hall–Kier alpha value is -3.70. The van der Waals surface area contributed by atoms with Crippen molar-refractivity contribution >= 4 is 0 Å². The summed E-state index contributed by atoms with van der Waals surface area (Å²) in [6, 6.07) is 12.7. The second kappa shape index (κ2) is 9.88. The Morgan fingerprint density at radius 2 is 1.76 bits per heavy atom. The van der Waals surface area contributed by atoms with Gasteiger partial charge in [0.1, 0.15) is 29.7 Å². The maximum absolute atomic E-state index is 14.0. The van der Waals surface area contributed by atoms with Gasteiger partial charge < -0.3 is 24.2 Å². The fourth-order valence-corrected chi connectivity index (χ4v) is 5.16. The summed E-state index contributed by atoms with van der Waals surface area (Å²) in [5, 5.41) is 21.8. The van der Waals surface area contributed by atoms with Crippen LogP contribution >= 0.6 is 0 Å². The van der Waals surface area contributed by atoms with E-state index in [0.717, 1.165) is 6.54 Å². The number of nitrogens with zero attached hydrogens (tertiary/aromatic N) is 3. The van der Waals surface area contributed by atoms with Crippen LogP contribution in [0.5, 0.6) is 5.75 Å². The number of rotatable bonds is 6. The van der Waals surface area contributed by atoms with Crippen molar-refractivity contribution in [3.63, 3.8) is 0 Å². The fraction of sp³-hybridized carbons (Fsp3) is 0.370. The zero-order valence-corrected chi connectivity index (χ0v) is 20.2. The maximum Gasteiger partial charge on any atom is 0.422 e. The molecule has 0 saturated heterocycles. The van der Waals surface area contributed by atoms with Crippen LogP contribution in [0, 0.1) is 5.92 Å². The van der Waals surface area contributed by atoms with E-state index in [0.29, 0.717) is 22.8 Å². The highest BCUT2D eigenvalue weighted by atomic mass is 19.4. The van der Waals surface area contributed by atoms with Crippen LogP contribution in [0.3, 0.4) is 0 Å². The van der Waals surface area contributed by atoms with Crippen molar-refractivity contribution in [1.29, 1.82) is 0 Å². The highest BCUT2D eigenvalue weighted by Gasteiger charge is 2.43. The molecule has 38 heavy (non-hydrogen) atoms. The number of fused-ring (bicyclic) bond motifs is 1. The molecule has 2 atom stereocenters. The third-order valence-electron chi connectivity index (χ3n) is 7.18. The van der Waals surface area contributed by atoms with Gasteiger partial charge in [0, 0.05) is 16.7 Å². The summed E-state index contributed by atoms with van der Waals surface area (Å²) in [5.41, 5.74) is -0.127. The Morgan fingerprint density at radius 1 is 0.974 bits per heavy atom. The molecular weight excluding hydrogens is 501 g/mol. The summed E-state index contributed by atoms with van der Waals surface area (Å²) in [7, 11) is 0. The monoisotopic (exact) mass is 526 g/mol. The molecule has 2 aliphatic rings. The normalized spacial score (nSPS) is 19.9. The molecule has 0 bridgehead atoms. The highest BCUT2D eigenvalue weighted by molar-refractivity contribution is 5.71. The summed E-state index contributed by atoms with van der Waals surface area (Å²) in [5.74, 6) is 0.0348. The van der Waals surface area contributed by atoms with Crippen molar-refractivity contribution in [1.82, 2.24) is 20.6 Å². The molecule has 6 rings (SSSR count). The van der Waals surface area contributed by atoms with Gasteiger partial charge in [-0.05, 0) is 31.4 Å². The van der Waals surface area contributed by atoms with Gasteiger partial charge in [0.25, 0.3) is 5.89 Å². The predicted molar refractivity (Wildman–Crippen MR) is 130 cm³/mol. The molecule has 0 unspecified atom stereocenters. The number of benzene rings is 2. The van der Waals surface area contributed by atoms with Gasteiger partial charge in [-0.3, -0.25) is 0 Å². The van der Waals surface area contributed by atoms with Crippen LogP contribution in [0.25, 0.3) is 34.3 Å². The second-order valence-corrected chi connectivity index (χ2v) is 9.70. The lowest BCUT2D eigenvalue weighted by Gasteiger charge is -2.32. The van der Waals surface area contributed by atoms with E-state index >= 15 is 0 Å². The number of ether oxygens (including phenoxy) is 1. The first kappa shape index (κ1) is 24.6. The van der Waals surface area contributed by atoms with E-state index in [-0.39, 0.29) is 29.7 Å². The molecule has 11 heteroatoms. The fourth-order valence-electron chi connectivity index (χ4n) is 5.16. The van der Waals surface area contributed by atoms with Gasteiger partial charge in [0.2, 0.25) is 11.6 Å². The van der Waals surface area contributed by atoms with Gasteiger partial charge in [-0.25, -0.2) is 0 Å². The van der Waals surface area contributed by atoms with E-state index in [1.54, 1.807) is 36.4 Å². The Labute approximate surface area is 215 Å². The minimum atomic E-state index is -4.77. The lowest BCUT2D eigenvalue weighted by molar-refractivity contribution is -0.136. The summed E-state index contributed by atoms with van der Waals surface area (Å²) in [6.07, 6.45) is -0.614. The Kier molecular flexibility index (Phi) is 6.40. The van der Waals surface area contributed by atoms with Gasteiger partial charge in [-0.2, -0.15) is 18.2 Å². The van der Waals surface area contributed by atoms with Gasteiger partial charge in [-0.1, -0.05) is 65.6 Å². The molecule has 3 heterocycles. The van der Waals surface area contributed by atoms with Crippen molar-refractivity contribution < 1.29 is 32.1 Å². The minimum Gasteiger partial charge on any atom is -0.491 e. The first-order valence-electron chi connectivity index (χ1n) is 12.5. The highest BCUT2D eigenvalue weighted by Crippen LogP contribution is 2.43. The molecule has 198 valence electrons. The maximum atomic E-state index is 14.0. The molecule has 0 amide bonds. The third kappa shape index (κ3) is 4.67. The second-order valence-electron chi connectivity index (χ2n) is 9.70. The number of aliphatic hydroxyl groups is 1. The van der Waals surface area contributed by atoms with E-state index in [2.05, 4.69) is 20.6 Å². The minimum absolute atomic E-state index is 0.0492. The molecule has 4 aromatic rings. The zero-order valence-electron chi connectivity index (χ0n) is 20.2. The summed E-state index contributed by atoms with van der Waals surface area (Å²) in [6.45, 7) is 1.13. The van der Waals surface area contributed by atoms with Crippen LogP contribution in [0.1, 0.15) is 42.9 Å². The standard InChI is InChI=1S/C27H25F3N4O4/c28-27(29,30)21-22(16-8-2-1-3-9-16)33-37-24(21)26-32-25(34-38-26)17-10-11-18-20(12-17)36-14-19(23(18)35)31-13-15-6-4-5-7-15/h1-3,8-12,15,19,23,31,35H,4-7,13-14H2/t19-,23+/m0/s1. The lowest BCUT2D eigenvalue weighted by atomic mass is 9.96. The molecule has 2 aromatic carbocycles. The van der Waals surface area contributed by atoms with Crippen molar-refractivity contribution in [2.24, 2.45) is 5.92 Å². The number of aromatic nitrogens is 3. The molecule has 1 aliphatic heterocycles. The molecule has 0 radical (unpaired) electrons. The average Bonchev–Trinajstić information content (AvgIpc) is 3.69. The molecule has 2 N–H and O–H groups in total. The summed E-state index contributed by atoms with van der Waals surface area (Å²) >= 11 is 0. The third-order valence-corrected chi connectivity index (χ3v) is 7.18. The Balaban J connectivity index is 1.24. The molecular formula is C27H25F3N4O4. The van der Waals surface area contributed by atoms with Crippen molar-refractivity contribution in [2.75, 3.05) is 13.2 Å². The molecule has 1 saturated carbocycles. The number of hydrogen-bond acceptors (Lipinski definition) is 8. The predicted octanol–water partition coefficient (Wildman–Crippen LogP) is 5.65. The lowest BCUT2D eigenvalue weighted by Crippen LogP contribution is -2.44. The van der Waals surface area contributed by atoms with Gasteiger partial charge in [0.15, 0.2) is 0 Å². The number of halogens is 3. The number of aliphatic hydroxyl groups excluding tert-OH is 1. The van der Waals surface area contributed by atoms with Crippen LogP contribution in [-0.4, -0.2) is 39.6 Å². The number of hydrogen-bond donors (Lipinski definition) is 2. The largest absolute Gasteiger partial charge is 0.491 e. The van der Waals surface area contributed by atoms with Crippen LogP contribution in [0.15, 0.2) is 57.6 Å². The van der Waals surface area contributed by atoms with Gasteiger partial charge in [0.05, 0.1) is 6.04 Å². The van der Waals surface area contributed by atoms with Crippen LogP contribution in [0.4, 0.5) is 13.2 Å². The molecule has 1 aliphatic carbocycles. The molecule has 0 spiro atoms. The molecule has 8 nitrogen and oxygen atoms in total.